The summed E-state index contributed by atoms with van der Waals surface area (Å²) in [5.41, 5.74) is 0.477. The summed E-state index contributed by atoms with van der Waals surface area (Å²) in [5.74, 6) is 0.835. The first kappa shape index (κ1) is 14.0. The van der Waals surface area contributed by atoms with Crippen LogP contribution in [0.25, 0.3) is 0 Å². The van der Waals surface area contributed by atoms with Crippen LogP contribution in [0.15, 0.2) is 0 Å². The fraction of sp³-hybridized carbons (Fsp3) is 1.00. The molecule has 0 spiro atoms. The molecule has 1 aliphatic carbocycles. The number of unbranched alkanes of at least 4 members (excludes halogenated alkanes) is 1. The quantitative estimate of drug-likeness (QED) is 0.749. The maximum atomic E-state index is 3.54. The molecule has 0 aromatic heterocycles. The van der Waals surface area contributed by atoms with Gasteiger partial charge in [0.25, 0.3) is 0 Å². The minimum absolute atomic E-state index is 0.477. The van der Waals surface area contributed by atoms with Crippen LogP contribution in [0.2, 0.25) is 0 Å². The molecule has 0 saturated heterocycles. The Hall–Kier alpha value is -0.0800. The molecule has 1 saturated carbocycles. The Balaban J connectivity index is 2.42. The Morgan fingerprint density at radius 2 is 2.06 bits per heavy atom. The van der Waals surface area contributed by atoms with Crippen LogP contribution in [-0.4, -0.2) is 38.1 Å². The lowest BCUT2D eigenvalue weighted by Gasteiger charge is -2.32. The highest BCUT2D eigenvalue weighted by molar-refractivity contribution is 4.96. The van der Waals surface area contributed by atoms with E-state index in [0.717, 1.165) is 5.92 Å². The predicted molar refractivity (Wildman–Crippen MR) is 71.8 cm³/mol. The van der Waals surface area contributed by atoms with Gasteiger partial charge in [-0.1, -0.05) is 27.2 Å². The highest BCUT2D eigenvalue weighted by atomic mass is 15.1. The lowest BCUT2D eigenvalue weighted by Crippen LogP contribution is -2.43. The van der Waals surface area contributed by atoms with Gasteiger partial charge in [0.1, 0.15) is 0 Å². The molecule has 0 radical (unpaired) electrons. The van der Waals surface area contributed by atoms with Crippen molar-refractivity contribution in [3.63, 3.8) is 0 Å². The summed E-state index contributed by atoms with van der Waals surface area (Å²) in [4.78, 5) is 2.51. The van der Waals surface area contributed by atoms with Crippen molar-refractivity contribution in [2.75, 3.05) is 27.2 Å². The summed E-state index contributed by atoms with van der Waals surface area (Å²) in [5, 5.41) is 3.54. The molecule has 0 aromatic carbocycles. The van der Waals surface area contributed by atoms with E-state index in [4.69, 9.17) is 0 Å². The zero-order chi connectivity index (χ0) is 12.2. The third-order valence-electron chi connectivity index (χ3n) is 4.22. The van der Waals surface area contributed by atoms with Gasteiger partial charge in [0.15, 0.2) is 0 Å². The highest BCUT2D eigenvalue weighted by Crippen LogP contribution is 2.41. The molecule has 2 heteroatoms. The Bertz CT molecular complexity index is 201. The molecule has 2 unspecified atom stereocenters. The molecule has 1 aliphatic rings. The van der Waals surface area contributed by atoms with Crippen LogP contribution >= 0.6 is 0 Å². The Morgan fingerprint density at radius 3 is 2.62 bits per heavy atom. The average Bonchev–Trinajstić information content (AvgIpc) is 2.50. The lowest BCUT2D eigenvalue weighted by atomic mass is 9.85. The fourth-order valence-corrected chi connectivity index (χ4v) is 3.26. The first-order valence-electron chi connectivity index (χ1n) is 6.87. The van der Waals surface area contributed by atoms with Crippen molar-refractivity contribution >= 4 is 0 Å². The maximum Gasteiger partial charge on any atom is 0.0156 e. The standard InChI is InChI=1S/C14H30N2/c1-6-7-10-16(5)11-12-8-9-14(2,3)13(12)15-4/h12-13,15H,6-11H2,1-5H3. The van der Waals surface area contributed by atoms with Crippen molar-refractivity contribution in [3.8, 4) is 0 Å². The second kappa shape index (κ2) is 6.02. The maximum absolute atomic E-state index is 3.54. The van der Waals surface area contributed by atoms with Gasteiger partial charge in [-0.05, 0) is 51.2 Å². The molecule has 0 heterocycles. The first-order valence-corrected chi connectivity index (χ1v) is 6.87. The summed E-state index contributed by atoms with van der Waals surface area (Å²) in [6.45, 7) is 9.59. The Labute approximate surface area is 102 Å². The van der Waals surface area contributed by atoms with Crippen molar-refractivity contribution in [2.45, 2.75) is 52.5 Å². The summed E-state index contributed by atoms with van der Waals surface area (Å²) < 4.78 is 0. The Kier molecular flexibility index (Phi) is 5.26. The number of nitrogens with zero attached hydrogens (tertiary/aromatic N) is 1. The minimum Gasteiger partial charge on any atom is -0.316 e. The number of nitrogens with one attached hydrogen (secondary N) is 1. The molecule has 1 fully saturated rings. The monoisotopic (exact) mass is 226 g/mol. The third kappa shape index (κ3) is 3.46. The van der Waals surface area contributed by atoms with Crippen LogP contribution < -0.4 is 5.32 Å². The fourth-order valence-electron chi connectivity index (χ4n) is 3.26. The zero-order valence-electron chi connectivity index (χ0n) is 11.8. The van der Waals surface area contributed by atoms with Crippen LogP contribution in [-0.2, 0) is 0 Å². The molecule has 96 valence electrons. The Morgan fingerprint density at radius 1 is 1.38 bits per heavy atom. The predicted octanol–water partition coefficient (Wildman–Crippen LogP) is 2.74. The highest BCUT2D eigenvalue weighted by Gasteiger charge is 2.40. The largest absolute Gasteiger partial charge is 0.316 e. The summed E-state index contributed by atoms with van der Waals surface area (Å²) in [6, 6.07) is 0.691. The summed E-state index contributed by atoms with van der Waals surface area (Å²) >= 11 is 0. The minimum atomic E-state index is 0.477. The van der Waals surface area contributed by atoms with Gasteiger partial charge in [-0.15, -0.1) is 0 Å². The van der Waals surface area contributed by atoms with Crippen LogP contribution in [0, 0.1) is 11.3 Å². The van der Waals surface area contributed by atoms with Crippen molar-refractivity contribution in [1.29, 1.82) is 0 Å². The van der Waals surface area contributed by atoms with Gasteiger partial charge in [0.05, 0.1) is 0 Å². The van der Waals surface area contributed by atoms with Gasteiger partial charge in [0, 0.05) is 12.6 Å². The van der Waals surface area contributed by atoms with Crippen LogP contribution in [0.4, 0.5) is 0 Å². The van der Waals surface area contributed by atoms with Crippen LogP contribution in [0.1, 0.15) is 46.5 Å². The van der Waals surface area contributed by atoms with Gasteiger partial charge in [-0.3, -0.25) is 0 Å². The van der Waals surface area contributed by atoms with E-state index in [0.29, 0.717) is 11.5 Å². The lowest BCUT2D eigenvalue weighted by molar-refractivity contribution is 0.210. The van der Waals surface area contributed by atoms with Gasteiger partial charge < -0.3 is 10.2 Å². The van der Waals surface area contributed by atoms with Crippen molar-refractivity contribution < 1.29 is 0 Å². The molecular weight excluding hydrogens is 196 g/mol. The topological polar surface area (TPSA) is 15.3 Å². The smallest absolute Gasteiger partial charge is 0.0156 e. The van der Waals surface area contributed by atoms with Gasteiger partial charge >= 0.3 is 0 Å². The SMILES string of the molecule is CCCCN(C)CC1CCC(C)(C)C1NC. The van der Waals surface area contributed by atoms with Crippen molar-refractivity contribution in [3.05, 3.63) is 0 Å². The molecule has 1 rings (SSSR count). The number of hydrogen-bond donors (Lipinski definition) is 1. The molecule has 0 aliphatic heterocycles. The normalized spacial score (nSPS) is 28.9. The summed E-state index contributed by atoms with van der Waals surface area (Å²) in [6.07, 6.45) is 5.38. The van der Waals surface area contributed by atoms with Gasteiger partial charge in [-0.2, -0.15) is 0 Å². The number of hydrogen-bond acceptors (Lipinski definition) is 2. The molecule has 0 bridgehead atoms. The van der Waals surface area contributed by atoms with Crippen molar-refractivity contribution in [2.24, 2.45) is 11.3 Å². The second-order valence-corrected chi connectivity index (χ2v) is 6.17. The van der Waals surface area contributed by atoms with E-state index >= 15 is 0 Å². The van der Waals surface area contributed by atoms with E-state index in [9.17, 15) is 0 Å². The van der Waals surface area contributed by atoms with Crippen LogP contribution in [0.3, 0.4) is 0 Å². The number of rotatable bonds is 6. The van der Waals surface area contributed by atoms with E-state index in [1.54, 1.807) is 0 Å². The van der Waals surface area contributed by atoms with Gasteiger partial charge in [-0.25, -0.2) is 0 Å². The van der Waals surface area contributed by atoms with E-state index in [-0.39, 0.29) is 0 Å². The van der Waals surface area contributed by atoms with Crippen molar-refractivity contribution in [1.82, 2.24) is 10.2 Å². The molecule has 1 N–H and O–H groups in total. The van der Waals surface area contributed by atoms with E-state index in [1.165, 1.54) is 38.8 Å². The van der Waals surface area contributed by atoms with E-state index in [2.05, 4.69) is 45.1 Å². The first-order chi connectivity index (χ1) is 7.51. The van der Waals surface area contributed by atoms with E-state index in [1.807, 2.05) is 0 Å². The molecule has 2 nitrogen and oxygen atoms in total. The van der Waals surface area contributed by atoms with Crippen LogP contribution in [0.5, 0.6) is 0 Å². The van der Waals surface area contributed by atoms with E-state index < -0.39 is 0 Å². The molecule has 0 amide bonds. The average molecular weight is 226 g/mol. The van der Waals surface area contributed by atoms with Gasteiger partial charge in [0.2, 0.25) is 0 Å². The molecule has 0 aromatic rings. The molecule has 16 heavy (non-hydrogen) atoms. The zero-order valence-corrected chi connectivity index (χ0v) is 11.8. The third-order valence-corrected chi connectivity index (χ3v) is 4.22. The molecular formula is C14H30N2. The second-order valence-electron chi connectivity index (χ2n) is 6.17. The summed E-state index contributed by atoms with van der Waals surface area (Å²) in [7, 11) is 4.39. The molecule has 2 atom stereocenters.